The van der Waals surface area contributed by atoms with Crippen LogP contribution < -0.4 is 0 Å². The van der Waals surface area contributed by atoms with E-state index in [2.05, 4.69) is 6.92 Å². The Hall–Kier alpha value is -1.55. The largest absolute Gasteiger partial charge is 0.466 e. The van der Waals surface area contributed by atoms with Gasteiger partial charge >= 0.3 is 11.9 Å². The Morgan fingerprint density at radius 1 is 0.724 bits per heavy atom. The highest BCUT2D eigenvalue weighted by atomic mass is 35.5. The number of carbonyl (C=O) groups excluding carboxylic acids is 2. The van der Waals surface area contributed by atoms with E-state index in [1.807, 2.05) is 12.1 Å². The van der Waals surface area contributed by atoms with Crippen LogP contribution >= 0.6 is 11.6 Å². The Bertz CT molecular complexity index is 557. The summed E-state index contributed by atoms with van der Waals surface area (Å²) >= 11 is 5.81. The van der Waals surface area contributed by atoms with Crippen LogP contribution in [0.25, 0.3) is 0 Å². The molecular weight excluding hydrogens is 388 g/mol. The Morgan fingerprint density at radius 3 is 1.83 bits per heavy atom. The smallest absolute Gasteiger partial charge is 0.306 e. The third-order valence-electron chi connectivity index (χ3n) is 4.84. The van der Waals surface area contributed by atoms with E-state index in [0.29, 0.717) is 18.1 Å². The second-order valence-corrected chi connectivity index (χ2v) is 7.98. The molecule has 0 unspecified atom stereocenters. The quantitative estimate of drug-likeness (QED) is 0.199. The first-order valence-corrected chi connectivity index (χ1v) is 11.5. The lowest BCUT2D eigenvalue weighted by Crippen LogP contribution is -2.08. The van der Waals surface area contributed by atoms with Crippen LogP contribution in [-0.4, -0.2) is 18.5 Å². The minimum absolute atomic E-state index is 0.221. The number of hydrogen-bond donors (Lipinski definition) is 0. The van der Waals surface area contributed by atoms with Crippen LogP contribution in [0.5, 0.6) is 0 Å². The fourth-order valence-corrected chi connectivity index (χ4v) is 3.17. The van der Waals surface area contributed by atoms with Gasteiger partial charge in [-0.05, 0) is 30.5 Å². The third-order valence-corrected chi connectivity index (χ3v) is 5.09. The third kappa shape index (κ3) is 15.0. The van der Waals surface area contributed by atoms with E-state index in [4.69, 9.17) is 21.1 Å². The number of carbonyl (C=O) groups is 2. The van der Waals surface area contributed by atoms with Crippen LogP contribution in [0.15, 0.2) is 24.3 Å². The molecule has 0 saturated carbocycles. The number of unbranched alkanes of at least 4 members (excludes halogenated alkanes) is 9. The summed E-state index contributed by atoms with van der Waals surface area (Å²) in [5, 5.41) is 0.649. The summed E-state index contributed by atoms with van der Waals surface area (Å²) < 4.78 is 10.4. The van der Waals surface area contributed by atoms with Gasteiger partial charge in [-0.1, -0.05) is 88.4 Å². The molecule has 0 aliphatic rings. The Morgan fingerprint density at radius 2 is 1.24 bits per heavy atom. The fraction of sp³-hybridized carbons (Fsp3) is 0.667. The van der Waals surface area contributed by atoms with Crippen LogP contribution in [0, 0.1) is 0 Å². The van der Waals surface area contributed by atoms with Gasteiger partial charge in [0.05, 0.1) is 6.61 Å². The minimum atomic E-state index is -0.303. The highest BCUT2D eigenvalue weighted by Gasteiger charge is 2.07. The van der Waals surface area contributed by atoms with Crippen LogP contribution in [-0.2, 0) is 25.7 Å². The second-order valence-electron chi connectivity index (χ2n) is 7.54. The van der Waals surface area contributed by atoms with Crippen LogP contribution in [0.2, 0.25) is 5.02 Å². The van der Waals surface area contributed by atoms with Gasteiger partial charge in [-0.2, -0.15) is 0 Å². The zero-order chi connectivity index (χ0) is 21.2. The van der Waals surface area contributed by atoms with Crippen molar-refractivity contribution in [3.63, 3.8) is 0 Å². The van der Waals surface area contributed by atoms with Crippen molar-refractivity contribution in [3.05, 3.63) is 34.9 Å². The van der Waals surface area contributed by atoms with Crippen molar-refractivity contribution in [1.29, 1.82) is 0 Å². The van der Waals surface area contributed by atoms with Crippen molar-refractivity contribution in [2.45, 2.75) is 97.0 Å². The van der Waals surface area contributed by atoms with Gasteiger partial charge in [0.15, 0.2) is 0 Å². The predicted octanol–water partition coefficient (Wildman–Crippen LogP) is 7.02. The van der Waals surface area contributed by atoms with E-state index in [1.165, 1.54) is 51.4 Å². The molecule has 0 atom stereocenters. The summed E-state index contributed by atoms with van der Waals surface area (Å²) in [5.74, 6) is -0.533. The average molecular weight is 425 g/mol. The van der Waals surface area contributed by atoms with Crippen LogP contribution in [0.3, 0.4) is 0 Å². The summed E-state index contributed by atoms with van der Waals surface area (Å²) in [6.45, 7) is 2.95. The normalized spacial score (nSPS) is 10.7. The number of esters is 2. The topological polar surface area (TPSA) is 52.6 Å². The van der Waals surface area contributed by atoms with Crippen molar-refractivity contribution in [2.24, 2.45) is 0 Å². The van der Waals surface area contributed by atoms with Gasteiger partial charge in [0.2, 0.25) is 0 Å². The SMILES string of the molecule is CCCCCCCCCCCCOC(=O)CCCC(=O)OCc1ccc(Cl)cc1. The zero-order valence-corrected chi connectivity index (χ0v) is 18.7. The van der Waals surface area contributed by atoms with Gasteiger partial charge < -0.3 is 9.47 Å². The number of halogens is 1. The van der Waals surface area contributed by atoms with Crippen LogP contribution in [0.1, 0.15) is 96.0 Å². The number of benzene rings is 1. The summed E-state index contributed by atoms with van der Waals surface area (Å²) in [6, 6.07) is 7.16. The van der Waals surface area contributed by atoms with E-state index in [0.717, 1.165) is 18.4 Å². The maximum Gasteiger partial charge on any atom is 0.306 e. The molecule has 0 bridgehead atoms. The molecule has 29 heavy (non-hydrogen) atoms. The van der Waals surface area contributed by atoms with Crippen molar-refractivity contribution in [1.82, 2.24) is 0 Å². The zero-order valence-electron chi connectivity index (χ0n) is 17.9. The molecule has 1 rings (SSSR count). The lowest BCUT2D eigenvalue weighted by molar-refractivity contribution is -0.146. The van der Waals surface area contributed by atoms with E-state index in [9.17, 15) is 9.59 Å². The molecule has 0 aliphatic heterocycles. The van der Waals surface area contributed by atoms with Crippen molar-refractivity contribution < 1.29 is 19.1 Å². The standard InChI is InChI=1S/C24H37ClO4/c1-2-3-4-5-6-7-8-9-10-11-19-28-23(26)13-12-14-24(27)29-20-21-15-17-22(25)18-16-21/h15-18H,2-14,19-20H2,1H3. The molecule has 0 aliphatic carbocycles. The lowest BCUT2D eigenvalue weighted by atomic mass is 10.1. The van der Waals surface area contributed by atoms with Crippen molar-refractivity contribution >= 4 is 23.5 Å². The molecule has 0 fully saturated rings. The molecule has 1 aromatic carbocycles. The predicted molar refractivity (Wildman–Crippen MR) is 118 cm³/mol. The molecule has 0 saturated heterocycles. The summed E-state index contributed by atoms with van der Waals surface area (Å²) in [7, 11) is 0. The van der Waals surface area contributed by atoms with E-state index < -0.39 is 0 Å². The van der Waals surface area contributed by atoms with E-state index >= 15 is 0 Å². The molecule has 0 radical (unpaired) electrons. The van der Waals surface area contributed by atoms with Crippen LogP contribution in [0.4, 0.5) is 0 Å². The minimum Gasteiger partial charge on any atom is -0.466 e. The average Bonchev–Trinajstić information content (AvgIpc) is 2.71. The fourth-order valence-electron chi connectivity index (χ4n) is 3.04. The summed E-state index contributed by atoms with van der Waals surface area (Å²) in [6.07, 6.45) is 13.5. The first-order chi connectivity index (χ1) is 14.1. The molecule has 4 nitrogen and oxygen atoms in total. The molecular formula is C24H37ClO4. The highest BCUT2D eigenvalue weighted by Crippen LogP contribution is 2.12. The van der Waals surface area contributed by atoms with Crippen molar-refractivity contribution in [2.75, 3.05) is 6.61 Å². The lowest BCUT2D eigenvalue weighted by Gasteiger charge is -2.06. The monoisotopic (exact) mass is 424 g/mol. The van der Waals surface area contributed by atoms with Gasteiger partial charge in [0, 0.05) is 17.9 Å². The molecule has 0 spiro atoms. The maximum atomic E-state index is 11.7. The Labute approximate surface area is 181 Å². The Kier molecular flexibility index (Phi) is 15.2. The summed E-state index contributed by atoms with van der Waals surface area (Å²) in [5.41, 5.74) is 0.888. The highest BCUT2D eigenvalue weighted by molar-refractivity contribution is 6.30. The molecule has 5 heteroatoms. The number of hydrogen-bond acceptors (Lipinski definition) is 4. The maximum absolute atomic E-state index is 11.7. The molecule has 0 aromatic heterocycles. The van der Waals surface area contributed by atoms with Gasteiger partial charge in [-0.3, -0.25) is 9.59 Å². The molecule has 1 aromatic rings. The van der Waals surface area contributed by atoms with Gasteiger partial charge in [-0.15, -0.1) is 0 Å². The van der Waals surface area contributed by atoms with Gasteiger partial charge in [-0.25, -0.2) is 0 Å². The van der Waals surface area contributed by atoms with Gasteiger partial charge in [0.25, 0.3) is 0 Å². The van der Waals surface area contributed by atoms with E-state index in [1.54, 1.807) is 12.1 Å². The summed E-state index contributed by atoms with van der Waals surface area (Å²) in [4.78, 5) is 23.4. The molecule has 164 valence electrons. The van der Waals surface area contributed by atoms with Gasteiger partial charge in [0.1, 0.15) is 6.61 Å². The molecule has 0 heterocycles. The first-order valence-electron chi connectivity index (χ1n) is 11.2. The molecule has 0 amide bonds. The van der Waals surface area contributed by atoms with Crippen molar-refractivity contribution in [3.8, 4) is 0 Å². The molecule has 0 N–H and O–H groups in total. The number of ether oxygens (including phenoxy) is 2. The van der Waals surface area contributed by atoms with E-state index in [-0.39, 0.29) is 31.4 Å². The first kappa shape index (κ1) is 25.5. The second kappa shape index (κ2) is 17.3. The Balaban J connectivity index is 1.89. The number of rotatable bonds is 17.